The lowest BCUT2D eigenvalue weighted by Crippen LogP contribution is -2.33. The number of nitrogens with one attached hydrogen (secondary N) is 1. The Bertz CT molecular complexity index is 415. The van der Waals surface area contributed by atoms with Gasteiger partial charge < -0.3 is 14.8 Å². The molecule has 1 atom stereocenters. The van der Waals surface area contributed by atoms with Gasteiger partial charge in [-0.1, -0.05) is 18.2 Å². The predicted octanol–water partition coefficient (Wildman–Crippen LogP) is 2.20. The standard InChI is InChI=1S/C14H19NO3/c1-17-9-11-5-3-4-6-12(11)15-13(10-7-8-10)14(16)18-2/h3-6,10,13,15H,7-9H2,1-2H3. The minimum atomic E-state index is -0.243. The number of para-hydroxylation sites is 1. The first-order valence-electron chi connectivity index (χ1n) is 6.17. The second kappa shape index (κ2) is 5.87. The summed E-state index contributed by atoms with van der Waals surface area (Å²) in [6, 6.07) is 7.62. The Morgan fingerprint density at radius 2 is 2.11 bits per heavy atom. The van der Waals surface area contributed by atoms with E-state index in [-0.39, 0.29) is 12.0 Å². The molecule has 0 aromatic heterocycles. The number of anilines is 1. The normalized spacial score (nSPS) is 16.1. The van der Waals surface area contributed by atoms with Crippen molar-refractivity contribution < 1.29 is 14.3 Å². The van der Waals surface area contributed by atoms with Crippen LogP contribution in [0.25, 0.3) is 0 Å². The van der Waals surface area contributed by atoms with E-state index in [0.29, 0.717) is 12.5 Å². The summed E-state index contributed by atoms with van der Waals surface area (Å²) in [5.74, 6) is 0.206. The number of carbonyl (C=O) groups excluding carboxylic acids is 1. The first-order chi connectivity index (χ1) is 8.76. The van der Waals surface area contributed by atoms with Crippen LogP contribution in [0.4, 0.5) is 5.69 Å². The van der Waals surface area contributed by atoms with Gasteiger partial charge in [-0.05, 0) is 24.8 Å². The van der Waals surface area contributed by atoms with Gasteiger partial charge in [-0.3, -0.25) is 0 Å². The third kappa shape index (κ3) is 3.01. The van der Waals surface area contributed by atoms with Gasteiger partial charge in [0.25, 0.3) is 0 Å². The minimum absolute atomic E-state index is 0.190. The Morgan fingerprint density at radius 3 is 2.72 bits per heavy atom. The fraction of sp³-hybridized carbons (Fsp3) is 0.500. The summed E-state index contributed by atoms with van der Waals surface area (Å²) in [7, 11) is 3.09. The monoisotopic (exact) mass is 249 g/mol. The fourth-order valence-corrected chi connectivity index (χ4v) is 2.04. The van der Waals surface area contributed by atoms with Gasteiger partial charge in [0.05, 0.1) is 13.7 Å². The molecule has 0 heterocycles. The summed E-state index contributed by atoms with van der Waals surface area (Å²) in [6.45, 7) is 0.529. The van der Waals surface area contributed by atoms with Crippen LogP contribution in [-0.2, 0) is 20.9 Å². The van der Waals surface area contributed by atoms with Crippen molar-refractivity contribution in [2.45, 2.75) is 25.5 Å². The number of benzene rings is 1. The van der Waals surface area contributed by atoms with Crippen LogP contribution in [0.1, 0.15) is 18.4 Å². The molecule has 98 valence electrons. The first kappa shape index (κ1) is 12.9. The number of hydrogen-bond donors (Lipinski definition) is 1. The molecular weight excluding hydrogens is 230 g/mol. The Hall–Kier alpha value is -1.55. The first-order valence-corrected chi connectivity index (χ1v) is 6.17. The highest BCUT2D eigenvalue weighted by Crippen LogP contribution is 2.35. The zero-order chi connectivity index (χ0) is 13.0. The number of hydrogen-bond acceptors (Lipinski definition) is 4. The van der Waals surface area contributed by atoms with Crippen molar-refractivity contribution in [3.05, 3.63) is 29.8 Å². The molecule has 2 rings (SSSR count). The predicted molar refractivity (Wildman–Crippen MR) is 69.3 cm³/mol. The van der Waals surface area contributed by atoms with Gasteiger partial charge in [-0.2, -0.15) is 0 Å². The Morgan fingerprint density at radius 1 is 1.39 bits per heavy atom. The van der Waals surface area contributed by atoms with Gasteiger partial charge >= 0.3 is 5.97 Å². The summed E-state index contributed by atoms with van der Waals surface area (Å²) in [5.41, 5.74) is 2.00. The third-order valence-electron chi connectivity index (χ3n) is 3.18. The van der Waals surface area contributed by atoms with E-state index in [1.54, 1.807) is 7.11 Å². The second-order valence-electron chi connectivity index (χ2n) is 4.57. The largest absolute Gasteiger partial charge is 0.467 e. The number of carbonyl (C=O) groups is 1. The van der Waals surface area contributed by atoms with Crippen LogP contribution in [0, 0.1) is 5.92 Å². The zero-order valence-electron chi connectivity index (χ0n) is 10.8. The molecule has 0 aliphatic heterocycles. The number of methoxy groups -OCH3 is 2. The smallest absolute Gasteiger partial charge is 0.328 e. The SMILES string of the molecule is COCc1ccccc1NC(C(=O)OC)C1CC1. The average Bonchev–Trinajstić information content (AvgIpc) is 3.21. The van der Waals surface area contributed by atoms with Crippen LogP contribution in [0.2, 0.25) is 0 Å². The van der Waals surface area contributed by atoms with Gasteiger partial charge in [0.1, 0.15) is 6.04 Å². The van der Waals surface area contributed by atoms with Crippen LogP contribution in [0.5, 0.6) is 0 Å². The molecular formula is C14H19NO3. The second-order valence-corrected chi connectivity index (χ2v) is 4.57. The zero-order valence-corrected chi connectivity index (χ0v) is 10.8. The molecule has 1 aromatic rings. The molecule has 1 unspecified atom stereocenters. The number of esters is 1. The van der Waals surface area contributed by atoms with Crippen molar-refractivity contribution in [3.8, 4) is 0 Å². The van der Waals surface area contributed by atoms with E-state index >= 15 is 0 Å². The molecule has 1 saturated carbocycles. The average molecular weight is 249 g/mol. The van der Waals surface area contributed by atoms with Gasteiger partial charge in [-0.15, -0.1) is 0 Å². The van der Waals surface area contributed by atoms with Crippen molar-refractivity contribution in [2.24, 2.45) is 5.92 Å². The van der Waals surface area contributed by atoms with Crippen molar-refractivity contribution in [1.29, 1.82) is 0 Å². The maximum Gasteiger partial charge on any atom is 0.328 e. The molecule has 0 saturated heterocycles. The molecule has 1 aliphatic rings. The lowest BCUT2D eigenvalue weighted by molar-refractivity contribution is -0.142. The molecule has 1 aliphatic carbocycles. The topological polar surface area (TPSA) is 47.6 Å². The van der Waals surface area contributed by atoms with E-state index in [0.717, 1.165) is 24.1 Å². The molecule has 0 radical (unpaired) electrons. The van der Waals surface area contributed by atoms with E-state index in [4.69, 9.17) is 9.47 Å². The molecule has 1 N–H and O–H groups in total. The lowest BCUT2D eigenvalue weighted by Gasteiger charge is -2.19. The Labute approximate surface area is 107 Å². The van der Waals surface area contributed by atoms with Gasteiger partial charge in [0.15, 0.2) is 0 Å². The molecule has 1 fully saturated rings. The summed E-state index contributed by atoms with van der Waals surface area (Å²) in [4.78, 5) is 11.8. The minimum Gasteiger partial charge on any atom is -0.467 e. The van der Waals surface area contributed by atoms with Crippen LogP contribution in [0.15, 0.2) is 24.3 Å². The van der Waals surface area contributed by atoms with E-state index in [1.807, 2.05) is 24.3 Å². The Kier molecular flexibility index (Phi) is 4.20. The summed E-state index contributed by atoms with van der Waals surface area (Å²) in [6.07, 6.45) is 2.17. The molecule has 0 spiro atoms. The highest BCUT2D eigenvalue weighted by atomic mass is 16.5. The summed E-state index contributed by atoms with van der Waals surface area (Å²) >= 11 is 0. The highest BCUT2D eigenvalue weighted by Gasteiger charge is 2.37. The van der Waals surface area contributed by atoms with Crippen molar-refractivity contribution in [2.75, 3.05) is 19.5 Å². The molecule has 0 bridgehead atoms. The number of rotatable bonds is 6. The summed E-state index contributed by atoms with van der Waals surface area (Å²) in [5, 5.41) is 3.29. The third-order valence-corrected chi connectivity index (χ3v) is 3.18. The molecule has 4 nitrogen and oxygen atoms in total. The van der Waals surface area contributed by atoms with Crippen LogP contribution in [0.3, 0.4) is 0 Å². The van der Waals surface area contributed by atoms with Crippen LogP contribution >= 0.6 is 0 Å². The molecule has 18 heavy (non-hydrogen) atoms. The molecule has 1 aromatic carbocycles. The Balaban J connectivity index is 2.13. The van der Waals surface area contributed by atoms with Crippen molar-refractivity contribution >= 4 is 11.7 Å². The fourth-order valence-electron chi connectivity index (χ4n) is 2.04. The van der Waals surface area contributed by atoms with E-state index in [2.05, 4.69) is 5.32 Å². The maximum absolute atomic E-state index is 11.8. The number of ether oxygens (including phenoxy) is 2. The van der Waals surface area contributed by atoms with Gasteiger partial charge in [0.2, 0.25) is 0 Å². The van der Waals surface area contributed by atoms with Crippen LogP contribution in [-0.4, -0.2) is 26.2 Å². The van der Waals surface area contributed by atoms with Crippen LogP contribution < -0.4 is 5.32 Å². The summed E-state index contributed by atoms with van der Waals surface area (Å²) < 4.78 is 10.0. The molecule has 4 heteroatoms. The van der Waals surface area contributed by atoms with E-state index in [9.17, 15) is 4.79 Å². The quantitative estimate of drug-likeness (QED) is 0.785. The highest BCUT2D eigenvalue weighted by molar-refractivity contribution is 5.80. The van der Waals surface area contributed by atoms with Gasteiger partial charge in [-0.25, -0.2) is 4.79 Å². The van der Waals surface area contributed by atoms with Crippen molar-refractivity contribution in [3.63, 3.8) is 0 Å². The maximum atomic E-state index is 11.8. The van der Waals surface area contributed by atoms with Gasteiger partial charge in [0, 0.05) is 18.4 Å². The lowest BCUT2D eigenvalue weighted by atomic mass is 10.1. The van der Waals surface area contributed by atoms with E-state index < -0.39 is 0 Å². The van der Waals surface area contributed by atoms with E-state index in [1.165, 1.54) is 7.11 Å². The molecule has 0 amide bonds. The van der Waals surface area contributed by atoms with Crippen molar-refractivity contribution in [1.82, 2.24) is 0 Å².